The van der Waals surface area contributed by atoms with Crippen molar-refractivity contribution < 1.29 is 4.79 Å². The van der Waals surface area contributed by atoms with Crippen LogP contribution in [0, 0.1) is 0 Å². The Balaban J connectivity index is 1.49. The second kappa shape index (κ2) is 9.03. The summed E-state index contributed by atoms with van der Waals surface area (Å²) in [6.07, 6.45) is 4.63. The third kappa shape index (κ3) is 4.97. The largest absolute Gasteiger partial charge is 0.361 e. The molecule has 2 heterocycles. The summed E-state index contributed by atoms with van der Waals surface area (Å²) < 4.78 is 0.765. The Labute approximate surface area is 162 Å². The van der Waals surface area contributed by atoms with E-state index in [4.69, 9.17) is 11.6 Å². The number of aromatic amines is 1. The highest BCUT2D eigenvalue weighted by atomic mass is 35.5. The monoisotopic (exact) mass is 387 g/mol. The summed E-state index contributed by atoms with van der Waals surface area (Å²) in [6.45, 7) is 6.09. The highest BCUT2D eigenvalue weighted by Gasteiger charge is 2.11. The van der Waals surface area contributed by atoms with E-state index in [9.17, 15) is 4.79 Å². The van der Waals surface area contributed by atoms with Crippen LogP contribution in [0.2, 0.25) is 4.34 Å². The number of amides is 1. The molecule has 0 fully saturated rings. The molecule has 0 saturated carbocycles. The number of H-pyrrole nitrogens is 1. The van der Waals surface area contributed by atoms with Gasteiger partial charge < -0.3 is 10.3 Å². The first-order valence-electron chi connectivity index (χ1n) is 8.55. The number of hydrogen-bond acceptors (Lipinski definition) is 3. The van der Waals surface area contributed by atoms with Crippen molar-refractivity contribution in [2.24, 2.45) is 0 Å². The van der Waals surface area contributed by atoms with Crippen molar-refractivity contribution in [3.8, 4) is 0 Å². The van der Waals surface area contributed by atoms with E-state index >= 15 is 0 Å². The van der Waals surface area contributed by atoms with Gasteiger partial charge in [-0.2, -0.15) is 0 Å². The van der Waals surface area contributed by atoms with Gasteiger partial charge in [-0.1, -0.05) is 35.9 Å². The number of para-hydroxylation sites is 1. The summed E-state index contributed by atoms with van der Waals surface area (Å²) in [4.78, 5) is 18.8. The average Bonchev–Trinajstić information content (AvgIpc) is 3.21. The van der Waals surface area contributed by atoms with Gasteiger partial charge in [-0.05, 0) is 30.2 Å². The predicted molar refractivity (Wildman–Crippen MR) is 110 cm³/mol. The number of carbonyl (C=O) groups excluding carboxylic acids is 1. The minimum absolute atomic E-state index is 0.0225. The predicted octanol–water partition coefficient (Wildman–Crippen LogP) is 4.23. The quantitative estimate of drug-likeness (QED) is 0.540. The molecule has 0 saturated heterocycles. The Morgan fingerprint density at radius 2 is 2.15 bits per heavy atom. The van der Waals surface area contributed by atoms with E-state index in [0.29, 0.717) is 26.2 Å². The molecule has 136 valence electrons. The summed E-state index contributed by atoms with van der Waals surface area (Å²) >= 11 is 7.52. The van der Waals surface area contributed by atoms with E-state index in [-0.39, 0.29) is 5.91 Å². The standard InChI is InChI=1S/C20H22ClN3OS/c1-2-11-24(13-16-7-8-19(21)26-16)14-20(25)22-10-9-15-12-23-18-6-4-3-5-17(15)18/h2-8,12,23H,1,9-11,13-14H2,(H,22,25). The number of hydrogen-bond donors (Lipinski definition) is 2. The SMILES string of the molecule is C=CCN(CC(=O)NCCc1c[nH]c2ccccc12)Cc1ccc(Cl)s1. The van der Waals surface area contributed by atoms with Crippen LogP contribution in [-0.2, 0) is 17.8 Å². The lowest BCUT2D eigenvalue weighted by atomic mass is 10.1. The van der Waals surface area contributed by atoms with Gasteiger partial charge in [0.15, 0.2) is 0 Å². The van der Waals surface area contributed by atoms with Crippen molar-refractivity contribution in [3.05, 3.63) is 70.0 Å². The molecule has 0 unspecified atom stereocenters. The molecule has 3 aromatic rings. The maximum Gasteiger partial charge on any atom is 0.234 e. The normalized spacial score (nSPS) is 11.2. The van der Waals surface area contributed by atoms with Crippen molar-refractivity contribution in [1.29, 1.82) is 0 Å². The zero-order valence-electron chi connectivity index (χ0n) is 14.5. The Hall–Kier alpha value is -2.08. The summed E-state index contributed by atoms with van der Waals surface area (Å²) in [5.74, 6) is 0.0225. The average molecular weight is 388 g/mol. The number of thiophene rings is 1. The number of carbonyl (C=O) groups is 1. The Bertz CT molecular complexity index is 886. The van der Waals surface area contributed by atoms with Crippen molar-refractivity contribution in [1.82, 2.24) is 15.2 Å². The van der Waals surface area contributed by atoms with Crippen LogP contribution in [-0.4, -0.2) is 35.4 Å². The van der Waals surface area contributed by atoms with E-state index in [0.717, 1.165) is 21.2 Å². The van der Waals surface area contributed by atoms with Gasteiger partial charge in [0.1, 0.15) is 0 Å². The van der Waals surface area contributed by atoms with Gasteiger partial charge >= 0.3 is 0 Å². The second-order valence-electron chi connectivity index (χ2n) is 6.12. The van der Waals surface area contributed by atoms with Crippen LogP contribution < -0.4 is 5.32 Å². The van der Waals surface area contributed by atoms with E-state index in [1.807, 2.05) is 36.5 Å². The van der Waals surface area contributed by atoms with Crippen LogP contribution in [0.15, 0.2) is 55.3 Å². The van der Waals surface area contributed by atoms with Gasteiger partial charge in [-0.15, -0.1) is 17.9 Å². The lowest BCUT2D eigenvalue weighted by Gasteiger charge is -2.19. The van der Waals surface area contributed by atoms with E-state index < -0.39 is 0 Å². The van der Waals surface area contributed by atoms with Crippen LogP contribution in [0.3, 0.4) is 0 Å². The Morgan fingerprint density at radius 1 is 1.31 bits per heavy atom. The number of fused-ring (bicyclic) bond motifs is 1. The van der Waals surface area contributed by atoms with Crippen molar-refractivity contribution in [2.45, 2.75) is 13.0 Å². The molecule has 2 N–H and O–H groups in total. The third-order valence-corrected chi connectivity index (χ3v) is 5.37. The number of rotatable bonds is 9. The molecule has 0 bridgehead atoms. The van der Waals surface area contributed by atoms with Crippen LogP contribution in [0.5, 0.6) is 0 Å². The maximum absolute atomic E-state index is 12.3. The van der Waals surface area contributed by atoms with E-state index in [1.165, 1.54) is 10.9 Å². The minimum Gasteiger partial charge on any atom is -0.361 e. The number of nitrogens with one attached hydrogen (secondary N) is 2. The molecule has 0 spiro atoms. The summed E-state index contributed by atoms with van der Waals surface area (Å²) in [6, 6.07) is 12.1. The molecule has 0 aliphatic rings. The molecule has 2 aromatic heterocycles. The highest BCUT2D eigenvalue weighted by Crippen LogP contribution is 2.22. The van der Waals surface area contributed by atoms with Crippen LogP contribution in [0.1, 0.15) is 10.4 Å². The number of aromatic nitrogens is 1. The van der Waals surface area contributed by atoms with Gasteiger partial charge in [-0.25, -0.2) is 0 Å². The third-order valence-electron chi connectivity index (χ3n) is 4.15. The number of benzene rings is 1. The smallest absolute Gasteiger partial charge is 0.234 e. The second-order valence-corrected chi connectivity index (χ2v) is 7.92. The van der Waals surface area contributed by atoms with Crippen LogP contribution in [0.4, 0.5) is 0 Å². The fourth-order valence-corrected chi connectivity index (χ4v) is 4.09. The molecule has 1 aromatic carbocycles. The molecule has 0 radical (unpaired) electrons. The zero-order valence-corrected chi connectivity index (χ0v) is 16.1. The maximum atomic E-state index is 12.3. The van der Waals surface area contributed by atoms with Crippen molar-refractivity contribution >= 4 is 39.7 Å². The molecule has 0 aliphatic heterocycles. The fraction of sp³-hybridized carbons (Fsp3) is 0.250. The molecular formula is C20H22ClN3OS. The minimum atomic E-state index is 0.0225. The van der Waals surface area contributed by atoms with Crippen LogP contribution in [0.25, 0.3) is 10.9 Å². The zero-order chi connectivity index (χ0) is 18.4. The van der Waals surface area contributed by atoms with Crippen molar-refractivity contribution in [3.63, 3.8) is 0 Å². The van der Waals surface area contributed by atoms with Crippen molar-refractivity contribution in [2.75, 3.05) is 19.6 Å². The summed E-state index contributed by atoms with van der Waals surface area (Å²) in [5, 5.41) is 4.23. The molecular weight excluding hydrogens is 366 g/mol. The van der Waals surface area contributed by atoms with Crippen LogP contribution >= 0.6 is 22.9 Å². The Morgan fingerprint density at radius 3 is 2.92 bits per heavy atom. The highest BCUT2D eigenvalue weighted by molar-refractivity contribution is 7.16. The topological polar surface area (TPSA) is 48.1 Å². The van der Waals surface area contributed by atoms with Gasteiger partial charge in [0.2, 0.25) is 5.91 Å². The first kappa shape index (κ1) is 18.7. The summed E-state index contributed by atoms with van der Waals surface area (Å²) in [7, 11) is 0. The Kier molecular flexibility index (Phi) is 6.50. The number of nitrogens with zero attached hydrogens (tertiary/aromatic N) is 1. The van der Waals surface area contributed by atoms with Gasteiger partial charge in [0.25, 0.3) is 0 Å². The molecule has 1 amide bonds. The first-order chi connectivity index (χ1) is 12.7. The molecule has 4 nitrogen and oxygen atoms in total. The van der Waals surface area contributed by atoms with Gasteiger partial charge in [0, 0.05) is 41.6 Å². The lowest BCUT2D eigenvalue weighted by molar-refractivity contribution is -0.122. The van der Waals surface area contributed by atoms with E-state index in [2.05, 4.69) is 33.9 Å². The fourth-order valence-electron chi connectivity index (χ4n) is 2.96. The molecule has 6 heteroatoms. The molecule has 3 rings (SSSR count). The lowest BCUT2D eigenvalue weighted by Crippen LogP contribution is -2.37. The first-order valence-corrected chi connectivity index (χ1v) is 9.74. The number of halogens is 1. The van der Waals surface area contributed by atoms with Gasteiger partial charge in [-0.3, -0.25) is 9.69 Å². The van der Waals surface area contributed by atoms with E-state index in [1.54, 1.807) is 11.3 Å². The molecule has 0 atom stereocenters. The van der Waals surface area contributed by atoms with Gasteiger partial charge in [0.05, 0.1) is 10.9 Å². The molecule has 26 heavy (non-hydrogen) atoms. The summed E-state index contributed by atoms with van der Waals surface area (Å²) in [5.41, 5.74) is 2.35. The molecule has 0 aliphatic carbocycles.